The molecule has 0 radical (unpaired) electrons. The van der Waals surface area contributed by atoms with Crippen LogP contribution >= 0.6 is 0 Å². The van der Waals surface area contributed by atoms with E-state index in [9.17, 15) is 4.79 Å². The fourth-order valence-corrected chi connectivity index (χ4v) is 1.80. The number of ether oxygens (including phenoxy) is 1. The summed E-state index contributed by atoms with van der Waals surface area (Å²) >= 11 is 0. The van der Waals surface area contributed by atoms with Gasteiger partial charge in [0, 0.05) is 24.7 Å². The minimum absolute atomic E-state index is 0.204. The Hall–Kier alpha value is -1.58. The third-order valence-electron chi connectivity index (χ3n) is 2.67. The van der Waals surface area contributed by atoms with Crippen LogP contribution in [0.5, 0.6) is 5.75 Å². The summed E-state index contributed by atoms with van der Waals surface area (Å²) in [7, 11) is 0. The van der Waals surface area contributed by atoms with Crippen LogP contribution in [-0.2, 0) is 11.3 Å². The molecular formula is C12H16N2O2. The standard InChI is InChI=1S/C12H16N2O2/c1-2-3-12(15)14-6-7-16-11-8-13-5-4-10(11)9-14/h4-5,8H,2-3,6-7,9H2,1H3. The van der Waals surface area contributed by atoms with Gasteiger partial charge in [-0.1, -0.05) is 6.92 Å². The molecule has 1 aliphatic rings. The highest BCUT2D eigenvalue weighted by atomic mass is 16.5. The van der Waals surface area contributed by atoms with Crippen molar-refractivity contribution in [3.8, 4) is 5.75 Å². The second-order valence-corrected chi connectivity index (χ2v) is 3.90. The summed E-state index contributed by atoms with van der Waals surface area (Å²) in [4.78, 5) is 17.7. The molecule has 0 aromatic carbocycles. The zero-order chi connectivity index (χ0) is 11.4. The molecule has 1 aromatic heterocycles. The first kappa shape index (κ1) is 10.9. The largest absolute Gasteiger partial charge is 0.490 e. The van der Waals surface area contributed by atoms with E-state index in [0.717, 1.165) is 17.7 Å². The molecule has 0 saturated heterocycles. The lowest BCUT2D eigenvalue weighted by Crippen LogP contribution is -2.32. The Morgan fingerprint density at radius 2 is 2.50 bits per heavy atom. The summed E-state index contributed by atoms with van der Waals surface area (Å²) in [6, 6.07) is 1.91. The lowest BCUT2D eigenvalue weighted by atomic mass is 10.2. The SMILES string of the molecule is CCCC(=O)N1CCOc2cnccc2C1. The molecule has 4 heteroatoms. The van der Waals surface area contributed by atoms with Crippen molar-refractivity contribution in [2.75, 3.05) is 13.2 Å². The van der Waals surface area contributed by atoms with E-state index in [1.165, 1.54) is 0 Å². The Morgan fingerprint density at radius 3 is 3.31 bits per heavy atom. The Morgan fingerprint density at radius 1 is 1.62 bits per heavy atom. The summed E-state index contributed by atoms with van der Waals surface area (Å²) in [6.07, 6.45) is 4.94. The molecule has 2 heterocycles. The maximum Gasteiger partial charge on any atom is 0.222 e. The van der Waals surface area contributed by atoms with Crippen LogP contribution in [0.3, 0.4) is 0 Å². The second-order valence-electron chi connectivity index (χ2n) is 3.90. The van der Waals surface area contributed by atoms with Crippen LogP contribution in [-0.4, -0.2) is 28.9 Å². The molecule has 1 aliphatic heterocycles. The molecule has 0 aliphatic carbocycles. The second kappa shape index (κ2) is 4.96. The lowest BCUT2D eigenvalue weighted by Gasteiger charge is -2.19. The van der Waals surface area contributed by atoms with Gasteiger partial charge in [0.05, 0.1) is 12.7 Å². The van der Waals surface area contributed by atoms with Crippen molar-refractivity contribution in [2.45, 2.75) is 26.3 Å². The maximum absolute atomic E-state index is 11.8. The number of nitrogens with zero attached hydrogens (tertiary/aromatic N) is 2. The summed E-state index contributed by atoms with van der Waals surface area (Å²) in [5.74, 6) is 1.00. The quantitative estimate of drug-likeness (QED) is 0.760. The molecular weight excluding hydrogens is 204 g/mol. The molecule has 0 N–H and O–H groups in total. The van der Waals surface area contributed by atoms with E-state index in [1.54, 1.807) is 12.4 Å². The van der Waals surface area contributed by atoms with Crippen molar-refractivity contribution in [3.05, 3.63) is 24.0 Å². The molecule has 4 nitrogen and oxygen atoms in total. The number of fused-ring (bicyclic) bond motifs is 1. The van der Waals surface area contributed by atoms with Crippen LogP contribution in [0, 0.1) is 0 Å². The topological polar surface area (TPSA) is 42.4 Å². The van der Waals surface area contributed by atoms with Gasteiger partial charge >= 0.3 is 0 Å². The fraction of sp³-hybridized carbons (Fsp3) is 0.500. The predicted molar refractivity (Wildman–Crippen MR) is 60.1 cm³/mol. The van der Waals surface area contributed by atoms with Gasteiger partial charge in [0.1, 0.15) is 12.4 Å². The molecule has 1 amide bonds. The maximum atomic E-state index is 11.8. The summed E-state index contributed by atoms with van der Waals surface area (Å²) in [5.41, 5.74) is 1.04. The highest BCUT2D eigenvalue weighted by Gasteiger charge is 2.18. The van der Waals surface area contributed by atoms with E-state index in [4.69, 9.17) is 4.74 Å². The molecule has 0 fully saturated rings. The third kappa shape index (κ3) is 2.32. The van der Waals surface area contributed by atoms with Gasteiger partial charge in [0.25, 0.3) is 0 Å². The van der Waals surface area contributed by atoms with Crippen molar-refractivity contribution in [3.63, 3.8) is 0 Å². The van der Waals surface area contributed by atoms with E-state index < -0.39 is 0 Å². The van der Waals surface area contributed by atoms with E-state index in [0.29, 0.717) is 26.1 Å². The Bertz CT molecular complexity index is 379. The zero-order valence-corrected chi connectivity index (χ0v) is 9.48. The number of amides is 1. The number of rotatable bonds is 2. The van der Waals surface area contributed by atoms with E-state index >= 15 is 0 Å². The molecule has 0 bridgehead atoms. The van der Waals surface area contributed by atoms with Crippen LogP contribution in [0.15, 0.2) is 18.5 Å². The van der Waals surface area contributed by atoms with Crippen molar-refractivity contribution in [1.82, 2.24) is 9.88 Å². The third-order valence-corrected chi connectivity index (χ3v) is 2.67. The van der Waals surface area contributed by atoms with Gasteiger partial charge in [-0.2, -0.15) is 0 Å². The number of hydrogen-bond acceptors (Lipinski definition) is 3. The van der Waals surface area contributed by atoms with Gasteiger partial charge in [0.2, 0.25) is 5.91 Å². The van der Waals surface area contributed by atoms with Gasteiger partial charge in [-0.05, 0) is 12.5 Å². The highest BCUT2D eigenvalue weighted by molar-refractivity contribution is 5.76. The van der Waals surface area contributed by atoms with Crippen molar-refractivity contribution < 1.29 is 9.53 Å². The van der Waals surface area contributed by atoms with E-state index in [1.807, 2.05) is 17.9 Å². The Labute approximate surface area is 95.2 Å². The summed E-state index contributed by atoms with van der Waals surface area (Å²) in [6.45, 7) is 3.86. The number of aromatic nitrogens is 1. The fourth-order valence-electron chi connectivity index (χ4n) is 1.80. The molecule has 0 saturated carbocycles. The van der Waals surface area contributed by atoms with Gasteiger partial charge in [-0.15, -0.1) is 0 Å². The van der Waals surface area contributed by atoms with Crippen molar-refractivity contribution >= 4 is 5.91 Å². The first-order chi connectivity index (χ1) is 7.81. The van der Waals surface area contributed by atoms with Crippen LogP contribution in [0.25, 0.3) is 0 Å². The van der Waals surface area contributed by atoms with Crippen LogP contribution in [0.4, 0.5) is 0 Å². The monoisotopic (exact) mass is 220 g/mol. The number of carbonyl (C=O) groups excluding carboxylic acids is 1. The van der Waals surface area contributed by atoms with Crippen LogP contribution < -0.4 is 4.74 Å². The Kier molecular flexibility index (Phi) is 3.39. The molecule has 16 heavy (non-hydrogen) atoms. The first-order valence-corrected chi connectivity index (χ1v) is 5.64. The molecule has 0 spiro atoms. The predicted octanol–water partition coefficient (Wildman–Crippen LogP) is 1.60. The average Bonchev–Trinajstić information content (AvgIpc) is 2.51. The smallest absolute Gasteiger partial charge is 0.222 e. The van der Waals surface area contributed by atoms with E-state index in [2.05, 4.69) is 4.98 Å². The molecule has 2 rings (SSSR count). The first-order valence-electron chi connectivity index (χ1n) is 5.64. The minimum atomic E-state index is 0.204. The van der Waals surface area contributed by atoms with Crippen molar-refractivity contribution in [2.24, 2.45) is 0 Å². The molecule has 86 valence electrons. The lowest BCUT2D eigenvalue weighted by molar-refractivity contribution is -0.131. The summed E-state index contributed by atoms with van der Waals surface area (Å²) in [5, 5.41) is 0. The molecule has 1 aromatic rings. The zero-order valence-electron chi connectivity index (χ0n) is 9.48. The molecule has 0 unspecified atom stereocenters. The van der Waals surface area contributed by atoms with Crippen LogP contribution in [0.2, 0.25) is 0 Å². The highest BCUT2D eigenvalue weighted by Crippen LogP contribution is 2.21. The Balaban J connectivity index is 2.13. The number of carbonyl (C=O) groups is 1. The normalized spacial score (nSPS) is 14.9. The molecule has 0 atom stereocenters. The minimum Gasteiger partial charge on any atom is -0.490 e. The van der Waals surface area contributed by atoms with E-state index in [-0.39, 0.29) is 5.91 Å². The van der Waals surface area contributed by atoms with Gasteiger partial charge in [-0.25, -0.2) is 0 Å². The number of hydrogen-bond donors (Lipinski definition) is 0. The van der Waals surface area contributed by atoms with Crippen molar-refractivity contribution in [1.29, 1.82) is 0 Å². The van der Waals surface area contributed by atoms with Crippen LogP contribution in [0.1, 0.15) is 25.3 Å². The van der Waals surface area contributed by atoms with Gasteiger partial charge < -0.3 is 9.64 Å². The summed E-state index contributed by atoms with van der Waals surface area (Å²) < 4.78 is 5.55. The average molecular weight is 220 g/mol. The number of pyridine rings is 1. The van der Waals surface area contributed by atoms with Gasteiger partial charge in [-0.3, -0.25) is 9.78 Å². The van der Waals surface area contributed by atoms with Gasteiger partial charge in [0.15, 0.2) is 0 Å².